The van der Waals surface area contributed by atoms with Gasteiger partial charge in [-0.2, -0.15) is 0 Å². The van der Waals surface area contributed by atoms with E-state index in [2.05, 4.69) is 8.83 Å². The average Bonchev–Trinajstić information content (AvgIpc) is 3.11. The van der Waals surface area contributed by atoms with Crippen LogP contribution in [0.4, 0.5) is 0 Å². The predicted molar refractivity (Wildman–Crippen MR) is 102 cm³/mol. The predicted octanol–water partition coefficient (Wildman–Crippen LogP) is 1.82. The van der Waals surface area contributed by atoms with Crippen molar-refractivity contribution in [1.82, 2.24) is 0 Å². The molecule has 8 nitrogen and oxygen atoms in total. The van der Waals surface area contributed by atoms with Crippen molar-refractivity contribution in [2.75, 3.05) is 14.2 Å². The molecule has 0 bridgehead atoms. The van der Waals surface area contributed by atoms with Gasteiger partial charge in [0.2, 0.25) is 0 Å². The van der Waals surface area contributed by atoms with Gasteiger partial charge in [-0.25, -0.2) is 19.2 Å². The normalized spacial score (nSPS) is 11.8. The molecule has 0 amide bonds. The van der Waals surface area contributed by atoms with Crippen LogP contribution in [0.15, 0.2) is 52.3 Å². The van der Waals surface area contributed by atoms with E-state index < -0.39 is 22.5 Å². The summed E-state index contributed by atoms with van der Waals surface area (Å²) in [6.45, 7) is 0. The van der Waals surface area contributed by atoms with Crippen LogP contribution in [0, 0.1) is 0 Å². The van der Waals surface area contributed by atoms with E-state index in [4.69, 9.17) is 9.47 Å². The molecule has 0 aliphatic rings. The summed E-state index contributed by atoms with van der Waals surface area (Å²) in [5.41, 5.74) is -2.98. The smallest absolute Gasteiger partial charge is 0.346 e. The minimum absolute atomic E-state index is 0.118. The first-order valence-corrected chi connectivity index (χ1v) is 8.17. The van der Waals surface area contributed by atoms with E-state index in [1.807, 2.05) is 0 Å². The average molecular weight is 378 g/mol. The van der Waals surface area contributed by atoms with Crippen LogP contribution >= 0.6 is 0 Å². The third-order valence-corrected chi connectivity index (χ3v) is 4.95. The van der Waals surface area contributed by atoms with Crippen molar-refractivity contribution in [3.63, 3.8) is 0 Å². The highest BCUT2D eigenvalue weighted by Gasteiger charge is 2.21. The maximum absolute atomic E-state index is 12.0. The van der Waals surface area contributed by atoms with Crippen molar-refractivity contribution in [3.8, 4) is 11.5 Å². The number of furan rings is 2. The van der Waals surface area contributed by atoms with Crippen LogP contribution < -0.4 is 32.0 Å². The Labute approximate surface area is 153 Å². The van der Waals surface area contributed by atoms with Crippen molar-refractivity contribution >= 4 is 43.1 Å². The topological polar surface area (TPSA) is 113 Å². The summed E-state index contributed by atoms with van der Waals surface area (Å²) >= 11 is 0. The Morgan fingerprint density at radius 3 is 0.964 bits per heavy atom. The third-order valence-electron chi connectivity index (χ3n) is 4.95. The quantitative estimate of drug-likeness (QED) is 0.428. The van der Waals surface area contributed by atoms with E-state index in [9.17, 15) is 19.2 Å². The maximum Gasteiger partial charge on any atom is 0.346 e. The number of hydrogen-bond acceptors (Lipinski definition) is 8. The Hall–Kier alpha value is -3.94. The highest BCUT2D eigenvalue weighted by Crippen LogP contribution is 2.44. The van der Waals surface area contributed by atoms with E-state index in [0.29, 0.717) is 33.0 Å². The zero-order valence-electron chi connectivity index (χ0n) is 14.6. The molecule has 0 N–H and O–H groups in total. The van der Waals surface area contributed by atoms with Gasteiger partial charge in [0, 0.05) is 21.5 Å². The molecule has 0 spiro atoms. The summed E-state index contributed by atoms with van der Waals surface area (Å²) < 4.78 is 20.5. The fourth-order valence-corrected chi connectivity index (χ4v) is 3.74. The van der Waals surface area contributed by atoms with Crippen molar-refractivity contribution < 1.29 is 18.3 Å². The van der Waals surface area contributed by atoms with Crippen LogP contribution in [0.5, 0.6) is 11.5 Å². The van der Waals surface area contributed by atoms with Crippen LogP contribution in [0.3, 0.4) is 0 Å². The van der Waals surface area contributed by atoms with Gasteiger partial charge in [-0.1, -0.05) is 0 Å². The van der Waals surface area contributed by atoms with E-state index >= 15 is 0 Å². The maximum atomic E-state index is 12.0. The second-order valence-corrected chi connectivity index (χ2v) is 6.31. The SMILES string of the molecule is COc1c2cc3c(=O)oc(=O)c3cc2c(OC)c2cc3c(=O)oc(=O)c3cc12. The minimum Gasteiger partial charge on any atom is -0.495 e. The lowest BCUT2D eigenvalue weighted by atomic mass is 9.97. The molecule has 0 aliphatic carbocycles. The summed E-state index contributed by atoms with van der Waals surface area (Å²) in [5, 5.41) is 2.45. The van der Waals surface area contributed by atoms with Gasteiger partial charge in [-0.3, -0.25) is 0 Å². The molecule has 138 valence electrons. The lowest BCUT2D eigenvalue weighted by Crippen LogP contribution is -1.97. The molecule has 2 aromatic heterocycles. The van der Waals surface area contributed by atoms with Crippen LogP contribution in [0.2, 0.25) is 0 Å². The van der Waals surface area contributed by atoms with Crippen molar-refractivity contribution in [2.45, 2.75) is 0 Å². The van der Waals surface area contributed by atoms with Crippen LogP contribution in [0.25, 0.3) is 43.1 Å². The van der Waals surface area contributed by atoms with E-state index in [0.717, 1.165) is 0 Å². The van der Waals surface area contributed by atoms with Gasteiger partial charge in [0.25, 0.3) is 0 Å². The first-order valence-electron chi connectivity index (χ1n) is 8.17. The second kappa shape index (κ2) is 5.29. The molecule has 0 saturated carbocycles. The molecule has 0 saturated heterocycles. The molecule has 2 heterocycles. The fraction of sp³-hybridized carbons (Fsp3) is 0.100. The van der Waals surface area contributed by atoms with Gasteiger partial charge in [-0.05, 0) is 24.3 Å². The summed E-state index contributed by atoms with van der Waals surface area (Å²) in [5.74, 6) is 0.714. The summed E-state index contributed by atoms with van der Waals surface area (Å²) in [6, 6.07) is 5.98. The Bertz CT molecular complexity index is 1420. The van der Waals surface area contributed by atoms with Gasteiger partial charge in [0.1, 0.15) is 11.5 Å². The Morgan fingerprint density at radius 2 is 0.750 bits per heavy atom. The third kappa shape index (κ3) is 1.88. The number of hydrogen-bond donors (Lipinski definition) is 0. The molecule has 5 rings (SSSR count). The van der Waals surface area contributed by atoms with Gasteiger partial charge in [0.15, 0.2) is 0 Å². The van der Waals surface area contributed by atoms with Gasteiger partial charge < -0.3 is 18.3 Å². The highest BCUT2D eigenvalue weighted by atomic mass is 16.5. The number of ether oxygens (including phenoxy) is 2. The standard InChI is InChI=1S/C20H10O8/c1-25-15-7-3-11-13(19(23)27-17(11)21)5-9(7)16(26-2)10-6-14-12(4-8(10)15)18(22)28-20(14)24/h3-6H,1-2H3. The van der Waals surface area contributed by atoms with Gasteiger partial charge in [-0.15, -0.1) is 0 Å². The molecule has 0 radical (unpaired) electrons. The molecule has 5 aromatic rings. The molecule has 8 heteroatoms. The van der Waals surface area contributed by atoms with Crippen molar-refractivity contribution in [1.29, 1.82) is 0 Å². The Morgan fingerprint density at radius 1 is 0.500 bits per heavy atom. The lowest BCUT2D eigenvalue weighted by Gasteiger charge is -2.15. The number of rotatable bonds is 2. The molecule has 3 aromatic carbocycles. The lowest BCUT2D eigenvalue weighted by molar-refractivity contribution is 0.418. The highest BCUT2D eigenvalue weighted by molar-refractivity contribution is 6.17. The molecular weight excluding hydrogens is 368 g/mol. The molecular formula is C20H10O8. The fourth-order valence-electron chi connectivity index (χ4n) is 3.74. The monoisotopic (exact) mass is 378 g/mol. The van der Waals surface area contributed by atoms with Crippen molar-refractivity contribution in [3.05, 3.63) is 65.9 Å². The Kier molecular flexibility index (Phi) is 3.07. The molecule has 0 atom stereocenters. The summed E-state index contributed by atoms with van der Waals surface area (Å²) in [6.07, 6.45) is 0. The van der Waals surface area contributed by atoms with E-state index in [1.54, 1.807) is 0 Å². The van der Waals surface area contributed by atoms with E-state index in [-0.39, 0.29) is 21.5 Å². The van der Waals surface area contributed by atoms with Gasteiger partial charge >= 0.3 is 22.5 Å². The first-order chi connectivity index (χ1) is 13.4. The van der Waals surface area contributed by atoms with Crippen molar-refractivity contribution in [2.24, 2.45) is 0 Å². The summed E-state index contributed by atoms with van der Waals surface area (Å²) in [4.78, 5) is 47.8. The van der Waals surface area contributed by atoms with Crippen LogP contribution in [-0.2, 0) is 0 Å². The van der Waals surface area contributed by atoms with E-state index in [1.165, 1.54) is 38.5 Å². The molecule has 0 fully saturated rings. The number of fused-ring (bicyclic) bond motifs is 4. The molecule has 0 unspecified atom stereocenters. The van der Waals surface area contributed by atoms with Crippen LogP contribution in [-0.4, -0.2) is 14.2 Å². The molecule has 28 heavy (non-hydrogen) atoms. The molecule has 0 aliphatic heterocycles. The Balaban J connectivity index is 2.14. The van der Waals surface area contributed by atoms with Crippen LogP contribution in [0.1, 0.15) is 0 Å². The van der Waals surface area contributed by atoms with Gasteiger partial charge in [0.05, 0.1) is 35.8 Å². The number of methoxy groups -OCH3 is 2. The zero-order chi connectivity index (χ0) is 19.7. The summed E-state index contributed by atoms with van der Waals surface area (Å²) in [7, 11) is 2.88. The number of benzene rings is 3. The first kappa shape index (κ1) is 16.2. The zero-order valence-corrected chi connectivity index (χ0v) is 14.6. The second-order valence-electron chi connectivity index (χ2n) is 6.31. The minimum atomic E-state index is -0.744. The largest absolute Gasteiger partial charge is 0.495 e.